The molecule has 0 aliphatic heterocycles. The molecule has 0 aliphatic carbocycles. The summed E-state index contributed by atoms with van der Waals surface area (Å²) < 4.78 is 0. The Bertz CT molecular complexity index is 826. The summed E-state index contributed by atoms with van der Waals surface area (Å²) in [7, 11) is 0. The third-order valence-electron chi connectivity index (χ3n) is 3.50. The molecule has 2 nitrogen and oxygen atoms in total. The van der Waals surface area contributed by atoms with Crippen LogP contribution in [-0.4, -0.2) is 10.8 Å². The lowest BCUT2D eigenvalue weighted by atomic mass is 10.0. The van der Waals surface area contributed by atoms with Crippen molar-refractivity contribution in [3.63, 3.8) is 0 Å². The van der Waals surface area contributed by atoms with Gasteiger partial charge in [-0.25, -0.2) is 0 Å². The van der Waals surface area contributed by atoms with Crippen LogP contribution in [0.2, 0.25) is 5.02 Å². The van der Waals surface area contributed by atoms with Crippen LogP contribution in [-0.2, 0) is 6.42 Å². The van der Waals surface area contributed by atoms with E-state index < -0.39 is 0 Å². The summed E-state index contributed by atoms with van der Waals surface area (Å²) in [6.07, 6.45) is 0.284. The second-order valence-electron chi connectivity index (χ2n) is 5.05. The van der Waals surface area contributed by atoms with Gasteiger partial charge in [-0.15, -0.1) is 0 Å². The van der Waals surface area contributed by atoms with Crippen molar-refractivity contribution < 1.29 is 4.79 Å². The van der Waals surface area contributed by atoms with Crippen molar-refractivity contribution in [3.05, 3.63) is 76.4 Å². The molecular formula is C18H14ClNO. The molecule has 3 aromatic rings. The molecule has 0 aliphatic rings. The van der Waals surface area contributed by atoms with Crippen molar-refractivity contribution in [1.29, 1.82) is 0 Å². The maximum atomic E-state index is 12.4. The number of carbonyl (C=O) groups excluding carboxylic acids is 1. The summed E-state index contributed by atoms with van der Waals surface area (Å²) in [5.74, 6) is 0.0396. The second-order valence-corrected chi connectivity index (χ2v) is 5.49. The highest BCUT2D eigenvalue weighted by atomic mass is 35.5. The van der Waals surface area contributed by atoms with Crippen LogP contribution in [0.4, 0.5) is 0 Å². The van der Waals surface area contributed by atoms with Crippen molar-refractivity contribution in [1.82, 2.24) is 4.98 Å². The van der Waals surface area contributed by atoms with Gasteiger partial charge in [-0.1, -0.05) is 41.9 Å². The largest absolute Gasteiger partial charge is 0.294 e. The van der Waals surface area contributed by atoms with Gasteiger partial charge in [-0.05, 0) is 36.8 Å². The smallest absolute Gasteiger partial charge is 0.169 e. The van der Waals surface area contributed by atoms with Crippen LogP contribution in [0.3, 0.4) is 0 Å². The average molecular weight is 296 g/mol. The van der Waals surface area contributed by atoms with Crippen molar-refractivity contribution in [2.24, 2.45) is 0 Å². The molecule has 0 amide bonds. The summed E-state index contributed by atoms with van der Waals surface area (Å²) in [5.41, 5.74) is 3.28. The van der Waals surface area contributed by atoms with Gasteiger partial charge in [0, 0.05) is 21.7 Å². The van der Waals surface area contributed by atoms with E-state index in [1.807, 2.05) is 49.4 Å². The number of hydrogen-bond acceptors (Lipinski definition) is 2. The quantitative estimate of drug-likeness (QED) is 0.660. The SMILES string of the molecule is Cc1ccc(Cl)cc1C(=O)Cc1ccc2ccccc2n1. The maximum Gasteiger partial charge on any atom is 0.169 e. The predicted octanol–water partition coefficient (Wildman–Crippen LogP) is 4.62. The topological polar surface area (TPSA) is 30.0 Å². The predicted molar refractivity (Wildman–Crippen MR) is 86.0 cm³/mol. The highest BCUT2D eigenvalue weighted by molar-refractivity contribution is 6.31. The number of halogens is 1. The number of nitrogens with zero attached hydrogens (tertiary/aromatic N) is 1. The molecule has 2 aromatic carbocycles. The molecule has 1 heterocycles. The number of fused-ring (bicyclic) bond motifs is 1. The van der Waals surface area contributed by atoms with Crippen molar-refractivity contribution in [3.8, 4) is 0 Å². The van der Waals surface area contributed by atoms with E-state index in [-0.39, 0.29) is 12.2 Å². The second kappa shape index (κ2) is 5.66. The summed E-state index contributed by atoms with van der Waals surface area (Å²) in [4.78, 5) is 17.0. The Hall–Kier alpha value is -2.19. The van der Waals surface area contributed by atoms with Crippen molar-refractivity contribution in [2.45, 2.75) is 13.3 Å². The molecule has 3 rings (SSSR count). The summed E-state index contributed by atoms with van der Waals surface area (Å²) in [5, 5.41) is 1.66. The molecule has 1 aromatic heterocycles. The third-order valence-corrected chi connectivity index (χ3v) is 3.73. The molecule has 104 valence electrons. The van der Waals surface area contributed by atoms with Crippen molar-refractivity contribution >= 4 is 28.3 Å². The summed E-state index contributed by atoms with van der Waals surface area (Å²) >= 11 is 5.97. The van der Waals surface area contributed by atoms with E-state index in [9.17, 15) is 4.79 Å². The van der Waals surface area contributed by atoms with E-state index >= 15 is 0 Å². The standard InChI is InChI=1S/C18H14ClNO/c1-12-6-8-14(19)10-16(12)18(21)11-15-9-7-13-4-2-3-5-17(13)20-15/h2-10H,11H2,1H3. The monoisotopic (exact) mass is 295 g/mol. The molecule has 0 radical (unpaired) electrons. The molecule has 0 saturated heterocycles. The minimum absolute atomic E-state index is 0.0396. The maximum absolute atomic E-state index is 12.4. The number of carbonyl (C=O) groups is 1. The van der Waals surface area contributed by atoms with Gasteiger partial charge in [0.1, 0.15) is 0 Å². The number of pyridine rings is 1. The number of rotatable bonds is 3. The summed E-state index contributed by atoms with van der Waals surface area (Å²) in [6.45, 7) is 1.91. The third kappa shape index (κ3) is 2.96. The van der Waals surface area contributed by atoms with Gasteiger partial charge in [-0.2, -0.15) is 0 Å². The molecule has 3 heteroatoms. The normalized spacial score (nSPS) is 10.8. The summed E-state index contributed by atoms with van der Waals surface area (Å²) in [6, 6.07) is 17.2. The number of hydrogen-bond donors (Lipinski definition) is 0. The number of aromatic nitrogens is 1. The molecule has 21 heavy (non-hydrogen) atoms. The Morgan fingerprint density at radius 2 is 1.90 bits per heavy atom. The molecule has 0 saturated carbocycles. The van der Waals surface area contributed by atoms with Crippen molar-refractivity contribution in [2.75, 3.05) is 0 Å². The van der Waals surface area contributed by atoms with E-state index in [2.05, 4.69) is 4.98 Å². The van der Waals surface area contributed by atoms with E-state index in [0.717, 1.165) is 22.2 Å². The van der Waals surface area contributed by atoms with Gasteiger partial charge in [0.05, 0.1) is 11.9 Å². The molecule has 0 bridgehead atoms. The van der Waals surface area contributed by atoms with Crippen LogP contribution < -0.4 is 0 Å². The zero-order valence-electron chi connectivity index (χ0n) is 11.6. The number of Topliss-reactive ketones (excluding diaryl/α,β-unsaturated/α-hetero) is 1. The van der Waals surface area contributed by atoms with Crippen LogP contribution in [0.25, 0.3) is 10.9 Å². The van der Waals surface area contributed by atoms with Gasteiger partial charge in [0.2, 0.25) is 0 Å². The Balaban J connectivity index is 1.90. The molecule has 0 N–H and O–H groups in total. The molecule has 0 spiro atoms. The zero-order chi connectivity index (χ0) is 14.8. The number of aryl methyl sites for hydroxylation is 1. The Morgan fingerprint density at radius 1 is 1.10 bits per heavy atom. The van der Waals surface area contributed by atoms with E-state index in [4.69, 9.17) is 11.6 Å². The van der Waals surface area contributed by atoms with Crippen LogP contribution in [0.15, 0.2) is 54.6 Å². The lowest BCUT2D eigenvalue weighted by Gasteiger charge is -2.06. The lowest BCUT2D eigenvalue weighted by molar-refractivity contribution is 0.0991. The molecular weight excluding hydrogens is 282 g/mol. The fourth-order valence-corrected chi connectivity index (χ4v) is 2.53. The fourth-order valence-electron chi connectivity index (χ4n) is 2.36. The highest BCUT2D eigenvalue weighted by Gasteiger charge is 2.11. The van der Waals surface area contributed by atoms with Gasteiger partial charge in [0.25, 0.3) is 0 Å². The Labute approximate surface area is 128 Å². The first-order chi connectivity index (χ1) is 10.1. The van der Waals surface area contributed by atoms with Crippen LogP contribution in [0.5, 0.6) is 0 Å². The first-order valence-electron chi connectivity index (χ1n) is 6.77. The lowest BCUT2D eigenvalue weighted by Crippen LogP contribution is -2.07. The van der Waals surface area contributed by atoms with Gasteiger partial charge in [0.15, 0.2) is 5.78 Å². The van der Waals surface area contributed by atoms with Gasteiger partial charge >= 0.3 is 0 Å². The first kappa shape index (κ1) is 13.8. The highest BCUT2D eigenvalue weighted by Crippen LogP contribution is 2.18. The number of para-hydroxylation sites is 1. The Kier molecular flexibility index (Phi) is 3.72. The van der Waals surface area contributed by atoms with E-state index in [1.54, 1.807) is 12.1 Å². The van der Waals surface area contributed by atoms with Crippen LogP contribution in [0.1, 0.15) is 21.6 Å². The van der Waals surface area contributed by atoms with Gasteiger partial charge in [-0.3, -0.25) is 9.78 Å². The Morgan fingerprint density at radius 3 is 2.76 bits per heavy atom. The molecule has 0 unspecified atom stereocenters. The van der Waals surface area contributed by atoms with Crippen LogP contribution >= 0.6 is 11.6 Å². The average Bonchev–Trinajstić information content (AvgIpc) is 2.49. The number of benzene rings is 2. The molecule has 0 atom stereocenters. The van der Waals surface area contributed by atoms with Crippen LogP contribution in [0, 0.1) is 6.92 Å². The number of ketones is 1. The zero-order valence-corrected chi connectivity index (χ0v) is 12.4. The first-order valence-corrected chi connectivity index (χ1v) is 7.15. The minimum atomic E-state index is 0.0396. The fraction of sp³-hybridized carbons (Fsp3) is 0.111. The van der Waals surface area contributed by atoms with Gasteiger partial charge < -0.3 is 0 Å². The minimum Gasteiger partial charge on any atom is -0.294 e. The molecule has 0 fully saturated rings. The van der Waals surface area contributed by atoms with E-state index in [0.29, 0.717) is 10.6 Å². The van der Waals surface area contributed by atoms with E-state index in [1.165, 1.54) is 0 Å².